The Kier molecular flexibility index (Phi) is 5.86. The fourth-order valence-electron chi connectivity index (χ4n) is 4.94. The number of fused-ring (bicyclic) bond motifs is 3. The number of hydrogen-bond acceptors (Lipinski definition) is 6. The Morgan fingerprint density at radius 3 is 2.54 bits per heavy atom. The Balaban J connectivity index is 1.42. The van der Waals surface area contributed by atoms with Crippen molar-refractivity contribution in [3.8, 4) is 11.4 Å². The molecule has 3 fully saturated rings. The molecule has 3 atom stereocenters. The number of halogens is 4. The third-order valence-corrected chi connectivity index (χ3v) is 6.56. The highest BCUT2D eigenvalue weighted by molar-refractivity contribution is 5.98. The molecule has 2 bridgehead atoms. The molecule has 3 aromatic rings. The maximum atomic E-state index is 14.4. The molecule has 0 aromatic carbocycles. The molecule has 1 amide bonds. The van der Waals surface area contributed by atoms with Crippen molar-refractivity contribution in [2.24, 2.45) is 5.92 Å². The topological polar surface area (TPSA) is 83.9 Å². The number of carbonyl (C=O) groups excluding carboxylic acids is 1. The number of hydrogen-bond donors (Lipinski definition) is 1. The first kappa shape index (κ1) is 23.1. The quantitative estimate of drug-likeness (QED) is 0.547. The summed E-state index contributed by atoms with van der Waals surface area (Å²) in [5.41, 5.74) is 0.458. The third kappa shape index (κ3) is 4.54. The zero-order valence-corrected chi connectivity index (χ0v) is 18.8. The Bertz CT molecular complexity index is 1250. The lowest BCUT2D eigenvalue weighted by atomic mass is 9.76. The number of aromatic nitrogens is 4. The van der Waals surface area contributed by atoms with E-state index in [-0.39, 0.29) is 35.4 Å². The van der Waals surface area contributed by atoms with Gasteiger partial charge in [-0.25, -0.2) is 19.3 Å². The van der Waals surface area contributed by atoms with Crippen LogP contribution in [0.25, 0.3) is 11.4 Å². The van der Waals surface area contributed by atoms with Crippen LogP contribution in [-0.4, -0.2) is 49.4 Å². The Hall–Kier alpha value is -3.63. The maximum Gasteiger partial charge on any atom is 0.417 e. The number of piperidine rings is 2. The lowest BCUT2D eigenvalue weighted by Gasteiger charge is -2.50. The fraction of sp³-hybridized carbons (Fsp3) is 0.375. The second-order valence-electron chi connectivity index (χ2n) is 8.99. The SMILES string of the molecule is Cc1cnc(C(=O)N2C[C@@H]3CC[C@H]2[C@H](Nc2ncc(C(F)(F)F)cc2F)C3)c(-c2ncccn2)c1. The molecule has 0 radical (unpaired) electrons. The van der Waals surface area contributed by atoms with E-state index in [1.54, 1.807) is 29.6 Å². The molecular formula is C24H22F4N6O. The van der Waals surface area contributed by atoms with Crippen LogP contribution in [0.4, 0.5) is 23.4 Å². The van der Waals surface area contributed by atoms with Crippen molar-refractivity contribution in [1.29, 1.82) is 0 Å². The molecule has 5 heterocycles. The fourth-order valence-corrected chi connectivity index (χ4v) is 4.94. The second-order valence-corrected chi connectivity index (χ2v) is 8.99. The molecule has 35 heavy (non-hydrogen) atoms. The molecule has 7 nitrogen and oxygen atoms in total. The summed E-state index contributed by atoms with van der Waals surface area (Å²) in [6.45, 7) is 2.39. The van der Waals surface area contributed by atoms with Gasteiger partial charge in [-0.05, 0) is 55.9 Å². The second kappa shape index (κ2) is 8.86. The molecule has 2 aliphatic heterocycles. The van der Waals surface area contributed by atoms with Crippen LogP contribution in [0.15, 0.2) is 43.0 Å². The van der Waals surface area contributed by atoms with E-state index in [2.05, 4.69) is 25.3 Å². The predicted molar refractivity (Wildman–Crippen MR) is 119 cm³/mol. The van der Waals surface area contributed by atoms with Gasteiger partial charge in [0.05, 0.1) is 17.2 Å². The molecule has 1 aliphatic carbocycles. The first-order chi connectivity index (χ1) is 16.7. The number of carbonyl (C=O) groups is 1. The van der Waals surface area contributed by atoms with Gasteiger partial charge in [0.25, 0.3) is 5.91 Å². The van der Waals surface area contributed by atoms with Crippen LogP contribution in [0, 0.1) is 18.7 Å². The Morgan fingerprint density at radius 1 is 1.09 bits per heavy atom. The molecule has 2 saturated heterocycles. The average Bonchev–Trinajstić information content (AvgIpc) is 2.85. The summed E-state index contributed by atoms with van der Waals surface area (Å²) in [6, 6.07) is 3.29. The van der Waals surface area contributed by atoms with Crippen molar-refractivity contribution in [2.75, 3.05) is 11.9 Å². The van der Waals surface area contributed by atoms with Crippen molar-refractivity contribution in [1.82, 2.24) is 24.8 Å². The van der Waals surface area contributed by atoms with Crippen molar-refractivity contribution in [3.05, 3.63) is 65.6 Å². The summed E-state index contributed by atoms with van der Waals surface area (Å²) in [4.78, 5) is 32.0. The van der Waals surface area contributed by atoms with Crippen LogP contribution < -0.4 is 5.32 Å². The van der Waals surface area contributed by atoms with Crippen molar-refractivity contribution >= 4 is 11.7 Å². The third-order valence-electron chi connectivity index (χ3n) is 6.56. The van der Waals surface area contributed by atoms with Crippen LogP contribution in [0.2, 0.25) is 0 Å². The molecule has 182 valence electrons. The number of amides is 1. The average molecular weight is 486 g/mol. The summed E-state index contributed by atoms with van der Waals surface area (Å²) in [7, 11) is 0. The van der Waals surface area contributed by atoms with Crippen LogP contribution in [0.1, 0.15) is 40.9 Å². The van der Waals surface area contributed by atoms with Crippen LogP contribution in [0.3, 0.4) is 0 Å². The first-order valence-electron chi connectivity index (χ1n) is 11.2. The lowest BCUT2D eigenvalue weighted by molar-refractivity contribution is -0.138. The maximum absolute atomic E-state index is 14.4. The van der Waals surface area contributed by atoms with Crippen molar-refractivity contribution in [2.45, 2.75) is 44.4 Å². The van der Waals surface area contributed by atoms with E-state index in [4.69, 9.17) is 0 Å². The highest BCUT2D eigenvalue weighted by atomic mass is 19.4. The lowest BCUT2D eigenvalue weighted by Crippen LogP contribution is -2.60. The molecule has 0 spiro atoms. The van der Waals surface area contributed by atoms with Gasteiger partial charge >= 0.3 is 6.18 Å². The van der Waals surface area contributed by atoms with Gasteiger partial charge in [-0.15, -0.1) is 0 Å². The minimum absolute atomic E-state index is 0.167. The smallest absolute Gasteiger partial charge is 0.363 e. The standard InChI is InChI=1S/C24H22F4N6O/c1-13-7-16(21-29-5-2-6-30-21)20(31-10-13)23(35)34-12-14-3-4-19(34)18(8-14)33-22-17(25)9-15(11-32-22)24(26,27)28/h2,5-7,9-11,14,18-19H,3-4,8,12H2,1H3,(H,32,33)/t14-,18-,19+/m1/s1. The highest BCUT2D eigenvalue weighted by Crippen LogP contribution is 2.38. The molecule has 0 unspecified atom stereocenters. The summed E-state index contributed by atoms with van der Waals surface area (Å²) in [6.07, 6.45) is 2.97. The van der Waals surface area contributed by atoms with Crippen LogP contribution in [0.5, 0.6) is 0 Å². The highest BCUT2D eigenvalue weighted by Gasteiger charge is 2.44. The summed E-state index contributed by atoms with van der Waals surface area (Å²) >= 11 is 0. The molecule has 1 N–H and O–H groups in total. The van der Waals surface area contributed by atoms with Gasteiger partial charge in [-0.1, -0.05) is 0 Å². The van der Waals surface area contributed by atoms with Crippen molar-refractivity contribution < 1.29 is 22.4 Å². The zero-order valence-electron chi connectivity index (χ0n) is 18.8. The Labute approximate surface area is 198 Å². The summed E-state index contributed by atoms with van der Waals surface area (Å²) in [5.74, 6) is -1.06. The first-order valence-corrected chi connectivity index (χ1v) is 11.2. The van der Waals surface area contributed by atoms with Gasteiger partial charge < -0.3 is 10.2 Å². The zero-order chi connectivity index (χ0) is 24.7. The summed E-state index contributed by atoms with van der Waals surface area (Å²) in [5, 5.41) is 2.96. The Morgan fingerprint density at radius 2 is 1.86 bits per heavy atom. The summed E-state index contributed by atoms with van der Waals surface area (Å²) < 4.78 is 53.1. The van der Waals surface area contributed by atoms with Crippen molar-refractivity contribution in [3.63, 3.8) is 0 Å². The van der Waals surface area contributed by atoms with Gasteiger partial charge in [0, 0.05) is 37.4 Å². The van der Waals surface area contributed by atoms with Crippen LogP contribution >= 0.6 is 0 Å². The van der Waals surface area contributed by atoms with E-state index in [9.17, 15) is 22.4 Å². The number of pyridine rings is 2. The normalized spacial score (nSPS) is 21.7. The molecule has 11 heteroatoms. The van der Waals surface area contributed by atoms with Gasteiger partial charge in [0.1, 0.15) is 5.69 Å². The number of aryl methyl sites for hydroxylation is 1. The number of nitrogens with one attached hydrogen (secondary N) is 1. The molecule has 1 saturated carbocycles. The molecule has 3 aliphatic rings. The number of rotatable bonds is 4. The minimum Gasteiger partial charge on any atom is -0.363 e. The number of nitrogens with zero attached hydrogens (tertiary/aromatic N) is 5. The molecular weight excluding hydrogens is 464 g/mol. The van der Waals surface area contributed by atoms with E-state index in [0.717, 1.165) is 12.0 Å². The van der Waals surface area contributed by atoms with Gasteiger partial charge in [-0.3, -0.25) is 9.78 Å². The van der Waals surface area contributed by atoms with E-state index < -0.39 is 17.6 Å². The largest absolute Gasteiger partial charge is 0.417 e. The predicted octanol–water partition coefficient (Wildman–Crippen LogP) is 4.51. The monoisotopic (exact) mass is 486 g/mol. The minimum atomic E-state index is -4.68. The van der Waals surface area contributed by atoms with Gasteiger partial charge in [0.15, 0.2) is 17.5 Å². The number of alkyl halides is 3. The van der Waals surface area contributed by atoms with E-state index >= 15 is 0 Å². The molecule has 3 aromatic heterocycles. The van der Waals surface area contributed by atoms with Gasteiger partial charge in [-0.2, -0.15) is 13.2 Å². The van der Waals surface area contributed by atoms with E-state index in [1.807, 2.05) is 13.0 Å². The van der Waals surface area contributed by atoms with Crippen LogP contribution in [-0.2, 0) is 6.18 Å². The van der Waals surface area contributed by atoms with Gasteiger partial charge in [0.2, 0.25) is 0 Å². The molecule has 6 rings (SSSR count). The van der Waals surface area contributed by atoms with E-state index in [1.165, 1.54) is 0 Å². The number of anilines is 1. The van der Waals surface area contributed by atoms with E-state index in [0.29, 0.717) is 43.0 Å².